The van der Waals surface area contributed by atoms with Gasteiger partial charge in [0.25, 0.3) is 0 Å². The third-order valence-electron chi connectivity index (χ3n) is 3.87. The van der Waals surface area contributed by atoms with Crippen LogP contribution in [0.15, 0.2) is 30.5 Å². The van der Waals surface area contributed by atoms with Gasteiger partial charge < -0.3 is 15.2 Å². The molecule has 0 saturated carbocycles. The van der Waals surface area contributed by atoms with Gasteiger partial charge in [0, 0.05) is 19.3 Å². The molecule has 1 aromatic rings. The first-order chi connectivity index (χ1) is 10.3. The predicted molar refractivity (Wildman–Crippen MR) is 81.6 cm³/mol. The van der Waals surface area contributed by atoms with Crippen LogP contribution in [0.3, 0.4) is 0 Å². The quantitative estimate of drug-likeness (QED) is 0.711. The summed E-state index contributed by atoms with van der Waals surface area (Å²) in [4.78, 5) is 0. The molecule has 0 aromatic carbocycles. The highest BCUT2D eigenvalue weighted by Gasteiger charge is 2.18. The van der Waals surface area contributed by atoms with Gasteiger partial charge in [-0.1, -0.05) is 19.1 Å². The van der Waals surface area contributed by atoms with E-state index in [1.807, 2.05) is 12.1 Å². The van der Waals surface area contributed by atoms with Gasteiger partial charge in [-0.15, -0.1) is 0 Å². The van der Waals surface area contributed by atoms with E-state index in [2.05, 4.69) is 34.6 Å². The third kappa shape index (κ3) is 5.91. The monoisotopic (exact) mass is 291 g/mol. The van der Waals surface area contributed by atoms with E-state index in [0.29, 0.717) is 31.5 Å². The number of ether oxygens (including phenoxy) is 1. The van der Waals surface area contributed by atoms with Crippen molar-refractivity contribution < 1.29 is 9.84 Å². The molecule has 1 heterocycles. The zero-order valence-corrected chi connectivity index (χ0v) is 12.6. The zero-order chi connectivity index (χ0) is 14.9. The van der Waals surface area contributed by atoms with Crippen LogP contribution in [0, 0.1) is 11.8 Å². The Morgan fingerprint density at radius 3 is 3.05 bits per heavy atom. The Kier molecular flexibility index (Phi) is 6.79. The Bertz CT molecular complexity index is 425. The molecule has 1 aromatic heterocycles. The van der Waals surface area contributed by atoms with Gasteiger partial charge >= 0.3 is 0 Å². The summed E-state index contributed by atoms with van der Waals surface area (Å²) in [6.07, 6.45) is 7.85. The van der Waals surface area contributed by atoms with Gasteiger partial charge in [-0.3, -0.25) is 0 Å². The largest absolute Gasteiger partial charge is 0.389 e. The second kappa shape index (κ2) is 8.87. The fourth-order valence-electron chi connectivity index (χ4n) is 2.45. The zero-order valence-electron chi connectivity index (χ0n) is 12.6. The second-order valence-corrected chi connectivity index (χ2v) is 5.72. The van der Waals surface area contributed by atoms with E-state index in [1.165, 1.54) is 0 Å². The number of nitrogens with one attached hydrogen (secondary N) is 1. The summed E-state index contributed by atoms with van der Waals surface area (Å²) in [6.45, 7) is 4.47. The molecule has 3 atom stereocenters. The van der Waals surface area contributed by atoms with Crippen molar-refractivity contribution in [3.8, 4) is 0 Å². The molecule has 0 spiro atoms. The summed E-state index contributed by atoms with van der Waals surface area (Å²) in [5.74, 6) is 1.25. The molecule has 2 N–H and O–H groups in total. The minimum absolute atomic E-state index is 0.375. The molecule has 0 amide bonds. The Hall–Kier alpha value is -1.30. The first-order valence-corrected chi connectivity index (χ1v) is 7.64. The highest BCUT2D eigenvalue weighted by atomic mass is 16.5. The van der Waals surface area contributed by atoms with Crippen molar-refractivity contribution in [2.24, 2.45) is 11.8 Å². The maximum Gasteiger partial charge on any atom is 0.0897 e. The third-order valence-corrected chi connectivity index (χ3v) is 3.87. The average molecular weight is 291 g/mol. The van der Waals surface area contributed by atoms with E-state index in [1.54, 1.807) is 6.20 Å². The topological polar surface area (TPSA) is 67.3 Å². The molecule has 1 aliphatic rings. The summed E-state index contributed by atoms with van der Waals surface area (Å²) >= 11 is 0. The van der Waals surface area contributed by atoms with Crippen molar-refractivity contribution in [2.75, 3.05) is 19.8 Å². The highest BCUT2D eigenvalue weighted by Crippen LogP contribution is 2.24. The molecular formula is C16H25N3O2. The van der Waals surface area contributed by atoms with Gasteiger partial charge in [-0.05, 0) is 36.8 Å². The van der Waals surface area contributed by atoms with E-state index >= 15 is 0 Å². The number of allylic oxidation sites excluding steroid dienone is 2. The normalized spacial score (nSPS) is 23.1. The van der Waals surface area contributed by atoms with Crippen LogP contribution in [0.1, 0.15) is 25.5 Å². The SMILES string of the molecule is CC1CC=CCC1COCC(O)CNCc1cccnn1. The molecule has 0 saturated heterocycles. The molecule has 3 unspecified atom stereocenters. The van der Waals surface area contributed by atoms with E-state index in [0.717, 1.165) is 25.1 Å². The lowest BCUT2D eigenvalue weighted by molar-refractivity contribution is 0.0127. The van der Waals surface area contributed by atoms with E-state index in [9.17, 15) is 5.11 Å². The maximum atomic E-state index is 9.89. The summed E-state index contributed by atoms with van der Waals surface area (Å²) in [7, 11) is 0. The predicted octanol–water partition coefficient (Wildman–Crippen LogP) is 1.55. The van der Waals surface area contributed by atoms with Crippen molar-refractivity contribution in [3.05, 3.63) is 36.2 Å². The van der Waals surface area contributed by atoms with Crippen molar-refractivity contribution in [1.82, 2.24) is 15.5 Å². The molecule has 5 nitrogen and oxygen atoms in total. The van der Waals surface area contributed by atoms with Gasteiger partial charge in [0.05, 0.1) is 25.0 Å². The van der Waals surface area contributed by atoms with E-state index in [4.69, 9.17) is 4.74 Å². The first-order valence-electron chi connectivity index (χ1n) is 7.64. The number of aliphatic hydroxyl groups is 1. The van der Waals surface area contributed by atoms with Crippen molar-refractivity contribution >= 4 is 0 Å². The highest BCUT2D eigenvalue weighted by molar-refractivity contribution is 4.98. The molecule has 0 bridgehead atoms. The van der Waals surface area contributed by atoms with Crippen molar-refractivity contribution in [3.63, 3.8) is 0 Å². The Morgan fingerprint density at radius 1 is 1.43 bits per heavy atom. The van der Waals surface area contributed by atoms with Gasteiger partial charge in [0.1, 0.15) is 0 Å². The number of rotatable bonds is 8. The Labute approximate surface area is 126 Å². The smallest absolute Gasteiger partial charge is 0.0897 e. The van der Waals surface area contributed by atoms with Crippen molar-refractivity contribution in [2.45, 2.75) is 32.4 Å². The Balaban J connectivity index is 1.55. The molecule has 0 radical (unpaired) electrons. The molecule has 5 heteroatoms. The molecule has 1 aliphatic carbocycles. The van der Waals surface area contributed by atoms with Gasteiger partial charge in [0.15, 0.2) is 0 Å². The molecule has 0 aliphatic heterocycles. The number of hydrogen-bond acceptors (Lipinski definition) is 5. The summed E-state index contributed by atoms with van der Waals surface area (Å²) in [6, 6.07) is 3.75. The van der Waals surface area contributed by atoms with Crippen LogP contribution in [0.4, 0.5) is 0 Å². The lowest BCUT2D eigenvalue weighted by Crippen LogP contribution is -2.31. The minimum atomic E-state index is -0.490. The number of hydrogen-bond donors (Lipinski definition) is 2. The van der Waals surface area contributed by atoms with Gasteiger partial charge in [-0.25, -0.2) is 0 Å². The van der Waals surface area contributed by atoms with Crippen LogP contribution in [-0.2, 0) is 11.3 Å². The summed E-state index contributed by atoms with van der Waals surface area (Å²) < 4.78 is 5.66. The second-order valence-electron chi connectivity index (χ2n) is 5.72. The summed E-state index contributed by atoms with van der Waals surface area (Å²) in [5, 5.41) is 20.8. The first kappa shape index (κ1) is 16.1. The summed E-state index contributed by atoms with van der Waals surface area (Å²) in [5.41, 5.74) is 0.869. The van der Waals surface area contributed by atoms with Crippen LogP contribution in [0.2, 0.25) is 0 Å². The van der Waals surface area contributed by atoms with Crippen LogP contribution < -0.4 is 5.32 Å². The number of aromatic nitrogens is 2. The van der Waals surface area contributed by atoms with Crippen molar-refractivity contribution in [1.29, 1.82) is 0 Å². The molecule has 2 rings (SSSR count). The fraction of sp³-hybridized carbons (Fsp3) is 0.625. The average Bonchev–Trinajstić information content (AvgIpc) is 2.50. The van der Waals surface area contributed by atoms with Crippen LogP contribution in [0.5, 0.6) is 0 Å². The minimum Gasteiger partial charge on any atom is -0.389 e. The van der Waals surface area contributed by atoms with Crippen LogP contribution in [-0.4, -0.2) is 41.2 Å². The van der Waals surface area contributed by atoms with Gasteiger partial charge in [-0.2, -0.15) is 10.2 Å². The Morgan fingerprint density at radius 2 is 2.29 bits per heavy atom. The number of nitrogens with zero attached hydrogens (tertiary/aromatic N) is 2. The lowest BCUT2D eigenvalue weighted by Gasteiger charge is -2.25. The molecule has 116 valence electrons. The standard InChI is InChI=1S/C16H25N3O2/c1-13-5-2-3-6-14(13)11-21-12-16(20)10-17-9-15-7-4-8-18-19-15/h2-4,7-8,13-14,16-17,20H,5-6,9-12H2,1H3. The van der Waals surface area contributed by atoms with E-state index < -0.39 is 6.10 Å². The molecule has 21 heavy (non-hydrogen) atoms. The maximum absolute atomic E-state index is 9.89. The fourth-order valence-corrected chi connectivity index (χ4v) is 2.45. The number of aliphatic hydroxyl groups excluding tert-OH is 1. The van der Waals surface area contributed by atoms with E-state index in [-0.39, 0.29) is 0 Å². The van der Waals surface area contributed by atoms with Crippen LogP contribution in [0.25, 0.3) is 0 Å². The van der Waals surface area contributed by atoms with Crippen LogP contribution >= 0.6 is 0 Å². The van der Waals surface area contributed by atoms with Gasteiger partial charge in [0.2, 0.25) is 0 Å². The lowest BCUT2D eigenvalue weighted by atomic mass is 9.85. The molecule has 0 fully saturated rings. The molecular weight excluding hydrogens is 266 g/mol.